The monoisotopic (exact) mass is 455 g/mol. The zero-order valence-electron chi connectivity index (χ0n) is 18.6. The molecule has 2 aliphatic heterocycles. The highest BCUT2D eigenvalue weighted by Gasteiger charge is 2.35. The molecule has 7 nitrogen and oxygen atoms in total. The number of aryl methyl sites for hydroxylation is 1. The number of rotatable bonds is 4. The van der Waals surface area contributed by atoms with Crippen LogP contribution in [0.15, 0.2) is 18.3 Å². The molecule has 168 valence electrons. The number of amides is 1. The van der Waals surface area contributed by atoms with Gasteiger partial charge in [-0.2, -0.15) is 4.98 Å². The molecular formula is C23H26FN5O2S. The fraction of sp³-hybridized carbons (Fsp3) is 0.478. The van der Waals surface area contributed by atoms with Crippen LogP contribution in [0.5, 0.6) is 6.01 Å². The van der Waals surface area contributed by atoms with Gasteiger partial charge in [0.25, 0.3) is 0 Å². The topological polar surface area (TPSA) is 71.5 Å². The van der Waals surface area contributed by atoms with Gasteiger partial charge in [0.15, 0.2) is 0 Å². The molecule has 0 radical (unpaired) electrons. The van der Waals surface area contributed by atoms with Gasteiger partial charge in [-0.15, -0.1) is 11.3 Å². The number of thiazole rings is 1. The summed E-state index contributed by atoms with van der Waals surface area (Å²) in [5, 5.41) is 0.938. The zero-order valence-corrected chi connectivity index (χ0v) is 19.4. The minimum Gasteiger partial charge on any atom is -0.459 e. The number of likely N-dealkylation sites (tertiary alicyclic amines) is 1. The van der Waals surface area contributed by atoms with Crippen molar-refractivity contribution in [2.24, 2.45) is 0 Å². The lowest BCUT2D eigenvalue weighted by atomic mass is 10.0. The summed E-state index contributed by atoms with van der Waals surface area (Å²) in [6.45, 7) is 9.37. The van der Waals surface area contributed by atoms with Crippen LogP contribution in [0.2, 0.25) is 0 Å². The fourth-order valence-corrected chi connectivity index (χ4v) is 5.61. The number of nitrogens with zero attached hydrogens (tertiary/aromatic N) is 5. The Hall–Kier alpha value is -2.65. The van der Waals surface area contributed by atoms with Crippen LogP contribution in [0.25, 0.3) is 10.2 Å². The second-order valence-corrected chi connectivity index (χ2v) is 10.0. The summed E-state index contributed by atoms with van der Waals surface area (Å²) in [6, 6.07) is 3.94. The SMILES string of the molecule is CC(=O)N1Cc2cnc(O[C@@H]3CC(C)N([C@@H](C)c4cc5nc(C)sc5cc4F)C3)nc2C1. The van der Waals surface area contributed by atoms with Gasteiger partial charge < -0.3 is 9.64 Å². The van der Waals surface area contributed by atoms with Crippen molar-refractivity contribution in [2.45, 2.75) is 65.4 Å². The number of fused-ring (bicyclic) bond motifs is 2. The number of benzene rings is 1. The lowest BCUT2D eigenvalue weighted by Crippen LogP contribution is -2.32. The van der Waals surface area contributed by atoms with E-state index in [1.165, 1.54) is 11.3 Å². The number of carbonyl (C=O) groups excluding carboxylic acids is 1. The highest BCUT2D eigenvalue weighted by molar-refractivity contribution is 7.18. The van der Waals surface area contributed by atoms with Crippen LogP contribution >= 0.6 is 11.3 Å². The van der Waals surface area contributed by atoms with E-state index in [1.807, 2.05) is 19.9 Å². The molecule has 4 heterocycles. The number of hydrogen-bond donors (Lipinski definition) is 0. The van der Waals surface area contributed by atoms with Crippen LogP contribution < -0.4 is 4.74 Å². The average molecular weight is 456 g/mol. The minimum absolute atomic E-state index is 0.0259. The van der Waals surface area contributed by atoms with E-state index in [1.54, 1.807) is 24.1 Å². The van der Waals surface area contributed by atoms with Gasteiger partial charge in [0.05, 0.1) is 27.5 Å². The molecule has 0 aliphatic carbocycles. The van der Waals surface area contributed by atoms with Crippen LogP contribution in [0.1, 0.15) is 55.1 Å². The Morgan fingerprint density at radius 1 is 1.31 bits per heavy atom. The normalized spacial score (nSPS) is 21.8. The van der Waals surface area contributed by atoms with Crippen molar-refractivity contribution in [2.75, 3.05) is 6.54 Å². The maximum Gasteiger partial charge on any atom is 0.316 e. The van der Waals surface area contributed by atoms with E-state index in [0.717, 1.165) is 32.9 Å². The standard InChI is InChI=1S/C23H26FN5O2S/c1-12-5-17(31-23-25-8-16-9-28(15(4)30)11-21(16)27-23)10-29(12)13(2)18-6-20-22(7-19(18)24)32-14(3)26-20/h6-8,12-13,17H,5,9-11H2,1-4H3/t12?,13-,17+/m0/s1. The third-order valence-corrected chi connectivity index (χ3v) is 7.43. The van der Waals surface area contributed by atoms with E-state index < -0.39 is 0 Å². The molecule has 9 heteroatoms. The molecule has 32 heavy (non-hydrogen) atoms. The molecular weight excluding hydrogens is 429 g/mol. The van der Waals surface area contributed by atoms with E-state index in [2.05, 4.69) is 26.8 Å². The first kappa shape index (κ1) is 21.2. The largest absolute Gasteiger partial charge is 0.459 e. The van der Waals surface area contributed by atoms with Gasteiger partial charge in [0.2, 0.25) is 5.91 Å². The summed E-state index contributed by atoms with van der Waals surface area (Å²) in [7, 11) is 0. The molecule has 0 N–H and O–H groups in total. The smallest absolute Gasteiger partial charge is 0.316 e. The van der Waals surface area contributed by atoms with Gasteiger partial charge in [-0.1, -0.05) is 0 Å². The van der Waals surface area contributed by atoms with Gasteiger partial charge in [0, 0.05) is 55.8 Å². The van der Waals surface area contributed by atoms with Gasteiger partial charge >= 0.3 is 6.01 Å². The number of ether oxygens (including phenoxy) is 1. The molecule has 0 spiro atoms. The maximum absolute atomic E-state index is 14.9. The number of halogens is 1. The minimum atomic E-state index is -0.192. The quantitative estimate of drug-likeness (QED) is 0.592. The molecule has 2 aromatic heterocycles. The summed E-state index contributed by atoms with van der Waals surface area (Å²) in [5.41, 5.74) is 3.32. The second-order valence-electron chi connectivity index (χ2n) is 8.77. The van der Waals surface area contributed by atoms with Gasteiger partial charge in [0.1, 0.15) is 11.9 Å². The van der Waals surface area contributed by atoms with Crippen molar-refractivity contribution in [3.8, 4) is 6.01 Å². The molecule has 1 saturated heterocycles. The van der Waals surface area contributed by atoms with Crippen LogP contribution in [-0.4, -0.2) is 49.3 Å². The van der Waals surface area contributed by atoms with E-state index in [0.29, 0.717) is 31.2 Å². The van der Waals surface area contributed by atoms with Gasteiger partial charge in [-0.05, 0) is 32.9 Å². The maximum atomic E-state index is 14.9. The highest BCUT2D eigenvalue weighted by atomic mass is 32.1. The Bertz CT molecular complexity index is 1200. The molecule has 5 rings (SSSR count). The Morgan fingerprint density at radius 3 is 2.91 bits per heavy atom. The molecule has 0 saturated carbocycles. The van der Waals surface area contributed by atoms with E-state index >= 15 is 0 Å². The summed E-state index contributed by atoms with van der Waals surface area (Å²) in [4.78, 5) is 29.1. The van der Waals surface area contributed by atoms with Crippen molar-refractivity contribution in [3.63, 3.8) is 0 Å². The molecule has 3 atom stereocenters. The molecule has 0 bridgehead atoms. The van der Waals surface area contributed by atoms with Crippen LogP contribution in [0.3, 0.4) is 0 Å². The van der Waals surface area contributed by atoms with Gasteiger partial charge in [-0.3, -0.25) is 9.69 Å². The molecule has 1 fully saturated rings. The van der Waals surface area contributed by atoms with E-state index in [9.17, 15) is 9.18 Å². The average Bonchev–Trinajstić information content (AvgIpc) is 3.42. The van der Waals surface area contributed by atoms with Crippen LogP contribution in [-0.2, 0) is 17.9 Å². The molecule has 3 aromatic rings. The number of aromatic nitrogens is 3. The lowest BCUT2D eigenvalue weighted by molar-refractivity contribution is -0.129. The summed E-state index contributed by atoms with van der Waals surface area (Å²) in [6.07, 6.45) is 2.48. The van der Waals surface area contributed by atoms with Crippen molar-refractivity contribution >= 4 is 27.5 Å². The highest BCUT2D eigenvalue weighted by Crippen LogP contribution is 2.34. The Balaban J connectivity index is 1.30. The van der Waals surface area contributed by atoms with Crippen LogP contribution in [0.4, 0.5) is 4.39 Å². The first-order chi connectivity index (χ1) is 15.3. The molecule has 2 aliphatic rings. The Kier molecular flexibility index (Phi) is 5.33. The number of hydrogen-bond acceptors (Lipinski definition) is 7. The van der Waals surface area contributed by atoms with Crippen LogP contribution in [0, 0.1) is 12.7 Å². The fourth-order valence-electron chi connectivity index (χ4n) is 4.77. The van der Waals surface area contributed by atoms with Crippen molar-refractivity contribution in [1.82, 2.24) is 24.8 Å². The zero-order chi connectivity index (χ0) is 22.6. The Labute approximate surface area is 190 Å². The molecule has 1 aromatic carbocycles. The Morgan fingerprint density at radius 2 is 2.12 bits per heavy atom. The third kappa shape index (κ3) is 3.84. The van der Waals surface area contributed by atoms with Crippen molar-refractivity contribution in [1.29, 1.82) is 0 Å². The predicted octanol–water partition coefficient (Wildman–Crippen LogP) is 4.00. The van der Waals surface area contributed by atoms with E-state index in [-0.39, 0.29) is 29.9 Å². The lowest BCUT2D eigenvalue weighted by Gasteiger charge is -2.28. The van der Waals surface area contributed by atoms with E-state index in [4.69, 9.17) is 4.74 Å². The summed E-state index contributed by atoms with van der Waals surface area (Å²) >= 11 is 1.51. The number of carbonyl (C=O) groups is 1. The van der Waals surface area contributed by atoms with Crippen molar-refractivity contribution < 1.29 is 13.9 Å². The first-order valence-corrected chi connectivity index (χ1v) is 11.7. The molecule has 1 unspecified atom stereocenters. The summed E-state index contributed by atoms with van der Waals surface area (Å²) < 4.78 is 21.9. The second kappa shape index (κ2) is 8.04. The van der Waals surface area contributed by atoms with Crippen molar-refractivity contribution in [3.05, 3.63) is 46.0 Å². The molecule has 1 amide bonds. The summed E-state index contributed by atoms with van der Waals surface area (Å²) in [5.74, 6) is -0.167. The van der Waals surface area contributed by atoms with Gasteiger partial charge in [-0.25, -0.2) is 14.4 Å². The third-order valence-electron chi connectivity index (χ3n) is 6.50. The predicted molar refractivity (Wildman–Crippen MR) is 120 cm³/mol. The first-order valence-electron chi connectivity index (χ1n) is 10.9.